The van der Waals surface area contributed by atoms with Gasteiger partial charge in [-0.1, -0.05) is 23.7 Å². The van der Waals surface area contributed by atoms with Crippen LogP contribution in [0, 0.1) is 0 Å². The first kappa shape index (κ1) is 9.32. The van der Waals surface area contributed by atoms with Gasteiger partial charge in [0.2, 0.25) is 0 Å². The molecule has 0 radical (unpaired) electrons. The first-order chi connectivity index (χ1) is 5.79. The number of aliphatic hydroxyl groups excluding tert-OH is 1. The van der Waals surface area contributed by atoms with Crippen molar-refractivity contribution >= 4 is 17.3 Å². The van der Waals surface area contributed by atoms with Gasteiger partial charge in [-0.25, -0.2) is 0 Å². The van der Waals surface area contributed by atoms with Crippen molar-refractivity contribution in [2.75, 3.05) is 12.0 Å². The van der Waals surface area contributed by atoms with E-state index in [-0.39, 0.29) is 6.61 Å². The average Bonchev–Trinajstić information content (AvgIpc) is 2.09. The van der Waals surface area contributed by atoms with Gasteiger partial charge in [0, 0.05) is 6.61 Å². The van der Waals surface area contributed by atoms with Gasteiger partial charge in [-0.05, 0) is 18.1 Å². The molecule has 0 bridgehead atoms. The summed E-state index contributed by atoms with van der Waals surface area (Å²) in [7, 11) is 0. The summed E-state index contributed by atoms with van der Waals surface area (Å²) < 4.78 is 0. The van der Waals surface area contributed by atoms with Crippen molar-refractivity contribution in [3.05, 3.63) is 28.8 Å². The largest absolute Gasteiger partial charge is 0.396 e. The van der Waals surface area contributed by atoms with Gasteiger partial charge in [0.1, 0.15) is 0 Å². The number of nitrogens with one attached hydrogen (secondary N) is 1. The lowest BCUT2D eigenvalue weighted by Crippen LogP contribution is -2.08. The molecular weight excluding hydrogens is 176 g/mol. The molecule has 1 aromatic carbocycles. The highest BCUT2D eigenvalue weighted by Gasteiger charge is 2.03. The molecule has 0 aliphatic carbocycles. The van der Waals surface area contributed by atoms with Gasteiger partial charge in [-0.3, -0.25) is 5.84 Å². The fourth-order valence-corrected chi connectivity index (χ4v) is 1.28. The van der Waals surface area contributed by atoms with Crippen molar-refractivity contribution in [3.63, 3.8) is 0 Å². The highest BCUT2D eigenvalue weighted by atomic mass is 35.5. The molecule has 12 heavy (non-hydrogen) atoms. The van der Waals surface area contributed by atoms with Crippen LogP contribution in [0.1, 0.15) is 5.56 Å². The maximum Gasteiger partial charge on any atom is 0.0683 e. The van der Waals surface area contributed by atoms with Gasteiger partial charge in [-0.15, -0.1) is 0 Å². The van der Waals surface area contributed by atoms with Crippen molar-refractivity contribution in [1.82, 2.24) is 0 Å². The fraction of sp³-hybridized carbons (Fsp3) is 0.250. The maximum absolute atomic E-state index is 8.70. The second kappa shape index (κ2) is 4.30. The van der Waals surface area contributed by atoms with Crippen LogP contribution in [-0.2, 0) is 6.42 Å². The Kier molecular flexibility index (Phi) is 3.34. The van der Waals surface area contributed by atoms with Gasteiger partial charge < -0.3 is 10.5 Å². The Morgan fingerprint density at radius 2 is 2.25 bits per heavy atom. The topological polar surface area (TPSA) is 58.3 Å². The van der Waals surface area contributed by atoms with E-state index in [1.165, 1.54) is 0 Å². The first-order valence-corrected chi connectivity index (χ1v) is 4.02. The zero-order valence-corrected chi connectivity index (χ0v) is 7.30. The first-order valence-electron chi connectivity index (χ1n) is 3.64. The summed E-state index contributed by atoms with van der Waals surface area (Å²) in [6.07, 6.45) is 0.550. The number of anilines is 1. The molecule has 1 aromatic rings. The molecule has 4 N–H and O–H groups in total. The third-order valence-corrected chi connectivity index (χ3v) is 2.06. The molecule has 0 amide bonds. The van der Waals surface area contributed by atoms with E-state index in [0.717, 1.165) is 5.56 Å². The van der Waals surface area contributed by atoms with Crippen LogP contribution in [-0.4, -0.2) is 11.7 Å². The summed E-state index contributed by atoms with van der Waals surface area (Å²) in [6, 6.07) is 5.48. The second-order valence-corrected chi connectivity index (χ2v) is 2.77. The Bertz CT molecular complexity index is 265. The van der Waals surface area contributed by atoms with Crippen LogP contribution >= 0.6 is 11.6 Å². The molecule has 0 aliphatic rings. The smallest absolute Gasteiger partial charge is 0.0683 e. The van der Waals surface area contributed by atoms with E-state index in [1.807, 2.05) is 12.1 Å². The molecule has 0 saturated carbocycles. The Morgan fingerprint density at radius 3 is 2.83 bits per heavy atom. The minimum absolute atomic E-state index is 0.0910. The molecule has 4 heteroatoms. The predicted molar refractivity (Wildman–Crippen MR) is 50.1 cm³/mol. The van der Waals surface area contributed by atoms with E-state index in [0.29, 0.717) is 17.1 Å². The second-order valence-electron chi connectivity index (χ2n) is 2.40. The van der Waals surface area contributed by atoms with E-state index in [1.54, 1.807) is 6.07 Å². The lowest BCUT2D eigenvalue weighted by atomic mass is 10.1. The summed E-state index contributed by atoms with van der Waals surface area (Å²) in [5.74, 6) is 5.22. The van der Waals surface area contributed by atoms with Gasteiger partial charge in [-0.2, -0.15) is 0 Å². The number of hydrazine groups is 1. The fourth-order valence-electron chi connectivity index (χ4n) is 1.00. The molecule has 0 heterocycles. The molecule has 0 unspecified atom stereocenters. The van der Waals surface area contributed by atoms with Crippen LogP contribution in [0.5, 0.6) is 0 Å². The highest BCUT2D eigenvalue weighted by molar-refractivity contribution is 6.34. The van der Waals surface area contributed by atoms with Crippen molar-refractivity contribution in [2.45, 2.75) is 6.42 Å². The van der Waals surface area contributed by atoms with E-state index in [2.05, 4.69) is 5.43 Å². The number of nitrogens with two attached hydrogens (primary N) is 1. The van der Waals surface area contributed by atoms with Crippen molar-refractivity contribution in [2.24, 2.45) is 5.84 Å². The Morgan fingerprint density at radius 1 is 1.50 bits per heavy atom. The van der Waals surface area contributed by atoms with E-state index in [9.17, 15) is 0 Å². The molecule has 0 atom stereocenters. The standard InChI is InChI=1S/C8H11ClN2O/c9-8-6(4-5-12)2-1-3-7(8)11-10/h1-3,11-12H,4-5,10H2. The minimum atomic E-state index is 0.0910. The number of hydrogen-bond donors (Lipinski definition) is 3. The number of aliphatic hydroxyl groups is 1. The lowest BCUT2D eigenvalue weighted by molar-refractivity contribution is 0.299. The van der Waals surface area contributed by atoms with Crippen molar-refractivity contribution in [1.29, 1.82) is 0 Å². The normalized spacial score (nSPS) is 9.92. The number of nitrogen functional groups attached to an aromatic ring is 1. The Labute approximate surface area is 76.1 Å². The van der Waals surface area contributed by atoms with Crippen LogP contribution in [0.2, 0.25) is 5.02 Å². The van der Waals surface area contributed by atoms with Crippen LogP contribution in [0.4, 0.5) is 5.69 Å². The zero-order valence-electron chi connectivity index (χ0n) is 6.55. The van der Waals surface area contributed by atoms with Crippen molar-refractivity contribution in [3.8, 4) is 0 Å². The summed E-state index contributed by atoms with van der Waals surface area (Å²) in [5.41, 5.74) is 4.06. The number of halogens is 1. The molecule has 0 fully saturated rings. The molecule has 66 valence electrons. The third kappa shape index (κ3) is 1.88. The molecule has 1 rings (SSSR count). The van der Waals surface area contributed by atoms with Crippen LogP contribution in [0.25, 0.3) is 0 Å². The Balaban J connectivity index is 2.97. The SMILES string of the molecule is NNc1cccc(CCO)c1Cl. The summed E-state index contributed by atoms with van der Waals surface area (Å²) in [5, 5.41) is 9.28. The summed E-state index contributed by atoms with van der Waals surface area (Å²) in [6.45, 7) is 0.0910. The Hall–Kier alpha value is -0.770. The predicted octanol–water partition coefficient (Wildman–Crippen LogP) is 1.16. The van der Waals surface area contributed by atoms with Crippen LogP contribution in [0.3, 0.4) is 0 Å². The maximum atomic E-state index is 8.70. The molecule has 3 nitrogen and oxygen atoms in total. The molecule has 0 aliphatic heterocycles. The highest BCUT2D eigenvalue weighted by Crippen LogP contribution is 2.24. The zero-order chi connectivity index (χ0) is 8.97. The quantitative estimate of drug-likeness (QED) is 0.491. The lowest BCUT2D eigenvalue weighted by Gasteiger charge is -2.06. The summed E-state index contributed by atoms with van der Waals surface area (Å²) >= 11 is 5.93. The van der Waals surface area contributed by atoms with E-state index >= 15 is 0 Å². The number of rotatable bonds is 3. The van der Waals surface area contributed by atoms with E-state index < -0.39 is 0 Å². The monoisotopic (exact) mass is 186 g/mol. The molecule has 0 saturated heterocycles. The van der Waals surface area contributed by atoms with Crippen molar-refractivity contribution < 1.29 is 5.11 Å². The molecule has 0 aromatic heterocycles. The van der Waals surface area contributed by atoms with Gasteiger partial charge >= 0.3 is 0 Å². The van der Waals surface area contributed by atoms with Gasteiger partial charge in [0.25, 0.3) is 0 Å². The average molecular weight is 187 g/mol. The number of hydrogen-bond acceptors (Lipinski definition) is 3. The van der Waals surface area contributed by atoms with Gasteiger partial charge in [0.15, 0.2) is 0 Å². The molecule has 0 spiro atoms. The number of benzene rings is 1. The summed E-state index contributed by atoms with van der Waals surface area (Å²) in [4.78, 5) is 0. The van der Waals surface area contributed by atoms with Crippen LogP contribution < -0.4 is 11.3 Å². The van der Waals surface area contributed by atoms with E-state index in [4.69, 9.17) is 22.6 Å². The minimum Gasteiger partial charge on any atom is -0.396 e. The third-order valence-electron chi connectivity index (χ3n) is 1.62. The van der Waals surface area contributed by atoms with Gasteiger partial charge in [0.05, 0.1) is 10.7 Å². The molecular formula is C8H11ClN2O. The van der Waals surface area contributed by atoms with Crippen LogP contribution in [0.15, 0.2) is 18.2 Å².